The Morgan fingerprint density at radius 1 is 1.53 bits per heavy atom. The van der Waals surface area contributed by atoms with Crippen molar-refractivity contribution in [1.82, 2.24) is 9.78 Å². The molecule has 0 saturated heterocycles. The van der Waals surface area contributed by atoms with Gasteiger partial charge in [0.05, 0.1) is 18.3 Å². The highest BCUT2D eigenvalue weighted by Crippen LogP contribution is 2.13. The van der Waals surface area contributed by atoms with E-state index in [1.807, 2.05) is 20.8 Å². The van der Waals surface area contributed by atoms with E-state index in [9.17, 15) is 8.42 Å². The summed E-state index contributed by atoms with van der Waals surface area (Å²) in [7, 11) is -3.89. The van der Waals surface area contributed by atoms with E-state index in [-0.39, 0.29) is 12.1 Å². The van der Waals surface area contributed by atoms with Crippen molar-refractivity contribution >= 4 is 10.3 Å². The van der Waals surface area contributed by atoms with Gasteiger partial charge in [0.25, 0.3) is 0 Å². The molecule has 1 rings (SSSR count). The number of nitrogens with zero attached hydrogens (tertiary/aromatic N) is 2. The van der Waals surface area contributed by atoms with Gasteiger partial charge in [0.2, 0.25) is 0 Å². The van der Waals surface area contributed by atoms with Crippen LogP contribution in [0.1, 0.15) is 26.3 Å². The Morgan fingerprint density at radius 3 is 2.53 bits per heavy atom. The summed E-state index contributed by atoms with van der Waals surface area (Å²) >= 11 is 0. The standard InChI is InChI=1S/C8H15N3O3S/c1-8(2,3)11-5-7(4-10-11)6-14-15(9,12)13/h4-5H,6H2,1-3H3,(H2,9,12,13). The van der Waals surface area contributed by atoms with Crippen LogP contribution in [0.2, 0.25) is 0 Å². The van der Waals surface area contributed by atoms with Crippen molar-refractivity contribution in [3.63, 3.8) is 0 Å². The predicted molar refractivity (Wildman–Crippen MR) is 55.1 cm³/mol. The minimum Gasteiger partial charge on any atom is -0.267 e. The Hall–Kier alpha value is -0.920. The summed E-state index contributed by atoms with van der Waals surface area (Å²) in [5.74, 6) is 0. The lowest BCUT2D eigenvalue weighted by atomic mass is 10.1. The van der Waals surface area contributed by atoms with Gasteiger partial charge in [-0.1, -0.05) is 0 Å². The summed E-state index contributed by atoms with van der Waals surface area (Å²) < 4.78 is 27.2. The third kappa shape index (κ3) is 3.98. The third-order valence-corrected chi connectivity index (χ3v) is 2.16. The second kappa shape index (κ2) is 3.92. The first kappa shape index (κ1) is 12.2. The average molecular weight is 233 g/mol. The van der Waals surface area contributed by atoms with Gasteiger partial charge < -0.3 is 0 Å². The molecule has 15 heavy (non-hydrogen) atoms. The Morgan fingerprint density at radius 2 is 2.13 bits per heavy atom. The fourth-order valence-corrected chi connectivity index (χ4v) is 1.25. The molecule has 0 aliphatic carbocycles. The minimum atomic E-state index is -3.89. The maximum atomic E-state index is 10.5. The first-order valence-corrected chi connectivity index (χ1v) is 5.87. The highest BCUT2D eigenvalue weighted by atomic mass is 32.2. The summed E-state index contributed by atoms with van der Waals surface area (Å²) in [5.41, 5.74) is 0.527. The molecule has 0 saturated carbocycles. The molecule has 0 fully saturated rings. The molecular formula is C8H15N3O3S. The van der Waals surface area contributed by atoms with Crippen LogP contribution >= 0.6 is 0 Å². The van der Waals surface area contributed by atoms with Crippen molar-refractivity contribution in [1.29, 1.82) is 0 Å². The second-order valence-electron chi connectivity index (χ2n) is 4.22. The summed E-state index contributed by atoms with van der Waals surface area (Å²) in [4.78, 5) is 0. The van der Waals surface area contributed by atoms with Gasteiger partial charge in [0.15, 0.2) is 0 Å². The number of nitrogens with two attached hydrogens (primary N) is 1. The lowest BCUT2D eigenvalue weighted by Crippen LogP contribution is -2.22. The van der Waals surface area contributed by atoms with E-state index in [1.165, 1.54) is 0 Å². The van der Waals surface area contributed by atoms with E-state index in [2.05, 4.69) is 9.28 Å². The van der Waals surface area contributed by atoms with Gasteiger partial charge in [-0.05, 0) is 20.8 Å². The van der Waals surface area contributed by atoms with Gasteiger partial charge in [-0.3, -0.25) is 8.86 Å². The maximum Gasteiger partial charge on any atom is 0.333 e. The fraction of sp³-hybridized carbons (Fsp3) is 0.625. The minimum absolute atomic E-state index is 0.0884. The van der Waals surface area contributed by atoms with Crippen LogP contribution in [0.3, 0.4) is 0 Å². The van der Waals surface area contributed by atoms with Crippen molar-refractivity contribution in [2.45, 2.75) is 32.9 Å². The molecule has 1 aromatic heterocycles. The molecule has 0 spiro atoms. The SMILES string of the molecule is CC(C)(C)n1cc(COS(N)(=O)=O)cn1. The summed E-state index contributed by atoms with van der Waals surface area (Å²) in [6, 6.07) is 0. The smallest absolute Gasteiger partial charge is 0.267 e. The zero-order valence-electron chi connectivity index (χ0n) is 8.97. The monoisotopic (exact) mass is 233 g/mol. The zero-order chi connectivity index (χ0) is 11.7. The lowest BCUT2D eigenvalue weighted by Gasteiger charge is -2.18. The highest BCUT2D eigenvalue weighted by Gasteiger charge is 2.14. The van der Waals surface area contributed by atoms with Crippen LogP contribution in [0.5, 0.6) is 0 Å². The molecule has 1 heterocycles. The zero-order valence-corrected chi connectivity index (χ0v) is 9.78. The van der Waals surface area contributed by atoms with Gasteiger partial charge in [0.1, 0.15) is 0 Å². The number of aromatic nitrogens is 2. The molecule has 0 radical (unpaired) electrons. The summed E-state index contributed by atoms with van der Waals surface area (Å²) in [6.07, 6.45) is 3.28. The van der Waals surface area contributed by atoms with Crippen LogP contribution in [0.4, 0.5) is 0 Å². The molecule has 0 unspecified atom stereocenters. The highest BCUT2D eigenvalue weighted by molar-refractivity contribution is 7.84. The van der Waals surface area contributed by atoms with Crippen LogP contribution in [0.25, 0.3) is 0 Å². The number of hydrogen-bond donors (Lipinski definition) is 1. The Bertz CT molecular complexity index is 430. The molecule has 0 bridgehead atoms. The van der Waals surface area contributed by atoms with Gasteiger partial charge >= 0.3 is 10.3 Å². The summed E-state index contributed by atoms with van der Waals surface area (Å²) in [6.45, 7) is 5.88. The van der Waals surface area contributed by atoms with Gasteiger partial charge in [-0.2, -0.15) is 13.5 Å². The van der Waals surface area contributed by atoms with Gasteiger partial charge in [-0.15, -0.1) is 0 Å². The van der Waals surface area contributed by atoms with Gasteiger partial charge in [-0.25, -0.2) is 5.14 Å². The first-order valence-electron chi connectivity index (χ1n) is 4.40. The van der Waals surface area contributed by atoms with Crippen LogP contribution < -0.4 is 5.14 Å². The molecule has 7 heteroatoms. The third-order valence-electron chi connectivity index (χ3n) is 1.71. The molecule has 86 valence electrons. The fourth-order valence-electron chi connectivity index (χ4n) is 0.952. The van der Waals surface area contributed by atoms with Crippen molar-refractivity contribution in [3.8, 4) is 0 Å². The molecule has 0 aliphatic rings. The quantitative estimate of drug-likeness (QED) is 0.816. The first-order chi connectivity index (χ1) is 6.68. The van der Waals surface area contributed by atoms with Crippen molar-refractivity contribution in [3.05, 3.63) is 18.0 Å². The number of hydrogen-bond acceptors (Lipinski definition) is 4. The van der Waals surface area contributed by atoms with Crippen LogP contribution in [-0.4, -0.2) is 18.2 Å². The van der Waals surface area contributed by atoms with Gasteiger partial charge in [0, 0.05) is 11.8 Å². The Balaban J connectivity index is 2.70. The average Bonchev–Trinajstić information content (AvgIpc) is 2.45. The molecule has 2 N–H and O–H groups in total. The molecular weight excluding hydrogens is 218 g/mol. The second-order valence-corrected chi connectivity index (χ2v) is 5.44. The predicted octanol–water partition coefficient (Wildman–Crippen LogP) is 0.358. The van der Waals surface area contributed by atoms with Crippen LogP contribution in [0.15, 0.2) is 12.4 Å². The molecule has 0 aromatic carbocycles. The van der Waals surface area contributed by atoms with Crippen molar-refractivity contribution in [2.24, 2.45) is 5.14 Å². The van der Waals surface area contributed by atoms with Crippen molar-refractivity contribution in [2.75, 3.05) is 0 Å². The molecule has 0 aliphatic heterocycles. The van der Waals surface area contributed by atoms with E-state index < -0.39 is 10.3 Å². The van der Waals surface area contributed by atoms with E-state index in [0.717, 1.165) is 0 Å². The molecule has 0 amide bonds. The summed E-state index contributed by atoms with van der Waals surface area (Å²) in [5, 5.41) is 8.79. The Labute approximate surface area is 89.3 Å². The van der Waals surface area contributed by atoms with Crippen LogP contribution in [-0.2, 0) is 26.6 Å². The number of rotatable bonds is 3. The molecule has 1 aromatic rings. The van der Waals surface area contributed by atoms with E-state index in [1.54, 1.807) is 17.1 Å². The largest absolute Gasteiger partial charge is 0.333 e. The molecule has 0 atom stereocenters. The molecule has 6 nitrogen and oxygen atoms in total. The van der Waals surface area contributed by atoms with E-state index >= 15 is 0 Å². The normalized spacial score (nSPS) is 13.1. The topological polar surface area (TPSA) is 87.2 Å². The van der Waals surface area contributed by atoms with E-state index in [0.29, 0.717) is 5.56 Å². The van der Waals surface area contributed by atoms with Crippen molar-refractivity contribution < 1.29 is 12.6 Å². The Kier molecular flexibility index (Phi) is 3.17. The van der Waals surface area contributed by atoms with Crippen LogP contribution in [0, 0.1) is 0 Å². The van der Waals surface area contributed by atoms with E-state index in [4.69, 9.17) is 5.14 Å². The lowest BCUT2D eigenvalue weighted by molar-refractivity contribution is 0.307. The maximum absolute atomic E-state index is 10.5.